The lowest BCUT2D eigenvalue weighted by atomic mass is 10.1. The van der Waals surface area contributed by atoms with Crippen molar-refractivity contribution in [3.05, 3.63) is 23.3 Å². The molecule has 0 fully saturated rings. The van der Waals surface area contributed by atoms with Gasteiger partial charge in [0.15, 0.2) is 0 Å². The second kappa shape index (κ2) is 4.98. The molecule has 0 aliphatic rings. The van der Waals surface area contributed by atoms with E-state index in [1.165, 1.54) is 5.57 Å². The molecule has 0 saturated heterocycles. The van der Waals surface area contributed by atoms with E-state index >= 15 is 0 Å². The van der Waals surface area contributed by atoms with Gasteiger partial charge in [-0.15, -0.1) is 0 Å². The SMILES string of the molecule is C/C=C(\C=O)CC=C(C)C. The summed E-state index contributed by atoms with van der Waals surface area (Å²) in [4.78, 5) is 10.3. The maximum Gasteiger partial charge on any atom is 0.146 e. The zero-order valence-corrected chi connectivity index (χ0v) is 6.85. The van der Waals surface area contributed by atoms with E-state index in [9.17, 15) is 4.79 Å². The summed E-state index contributed by atoms with van der Waals surface area (Å²) in [7, 11) is 0. The van der Waals surface area contributed by atoms with E-state index in [1.807, 2.05) is 32.9 Å². The van der Waals surface area contributed by atoms with Crippen molar-refractivity contribution >= 4 is 6.29 Å². The number of carbonyl (C=O) groups excluding carboxylic acids is 1. The lowest BCUT2D eigenvalue weighted by molar-refractivity contribution is -0.105. The summed E-state index contributed by atoms with van der Waals surface area (Å²) < 4.78 is 0. The molecule has 0 aromatic rings. The van der Waals surface area contributed by atoms with Crippen LogP contribution in [0.2, 0.25) is 0 Å². The lowest BCUT2D eigenvalue weighted by Crippen LogP contribution is -1.81. The van der Waals surface area contributed by atoms with Gasteiger partial charge in [0.2, 0.25) is 0 Å². The Morgan fingerprint density at radius 1 is 1.40 bits per heavy atom. The van der Waals surface area contributed by atoms with Crippen molar-refractivity contribution < 1.29 is 4.79 Å². The Labute approximate surface area is 62.4 Å². The molecule has 56 valence electrons. The van der Waals surface area contributed by atoms with Crippen molar-refractivity contribution in [1.82, 2.24) is 0 Å². The highest BCUT2D eigenvalue weighted by atomic mass is 16.1. The fraction of sp³-hybridized carbons (Fsp3) is 0.444. The molecule has 1 heteroatoms. The maximum absolute atomic E-state index is 10.3. The van der Waals surface area contributed by atoms with Crippen LogP contribution in [0.5, 0.6) is 0 Å². The van der Waals surface area contributed by atoms with Gasteiger partial charge in [-0.3, -0.25) is 4.79 Å². The average molecular weight is 138 g/mol. The minimum atomic E-state index is 0.766. The quantitative estimate of drug-likeness (QED) is 0.332. The molecule has 0 atom stereocenters. The van der Waals surface area contributed by atoms with E-state index in [-0.39, 0.29) is 0 Å². The van der Waals surface area contributed by atoms with Gasteiger partial charge in [0, 0.05) is 0 Å². The Balaban J connectivity index is 3.89. The summed E-state index contributed by atoms with van der Waals surface area (Å²) in [5.41, 5.74) is 2.10. The van der Waals surface area contributed by atoms with Gasteiger partial charge in [0.25, 0.3) is 0 Å². The highest BCUT2D eigenvalue weighted by Crippen LogP contribution is 2.01. The normalized spacial score (nSPS) is 10.9. The first-order valence-electron chi connectivity index (χ1n) is 3.44. The van der Waals surface area contributed by atoms with Crippen LogP contribution < -0.4 is 0 Å². The minimum Gasteiger partial charge on any atom is -0.298 e. The third kappa shape index (κ3) is 4.07. The molecule has 0 aromatic heterocycles. The average Bonchev–Trinajstić information content (AvgIpc) is 1.90. The topological polar surface area (TPSA) is 17.1 Å². The molecule has 0 rings (SSSR count). The Bertz CT molecular complexity index is 160. The van der Waals surface area contributed by atoms with Crippen LogP contribution in [-0.4, -0.2) is 6.29 Å². The van der Waals surface area contributed by atoms with Gasteiger partial charge in [-0.25, -0.2) is 0 Å². The molecular formula is C9H14O. The summed E-state index contributed by atoms with van der Waals surface area (Å²) in [6, 6.07) is 0. The second-order valence-electron chi connectivity index (χ2n) is 2.47. The van der Waals surface area contributed by atoms with Gasteiger partial charge in [0.1, 0.15) is 6.29 Å². The zero-order chi connectivity index (χ0) is 7.98. The van der Waals surface area contributed by atoms with Gasteiger partial charge in [-0.1, -0.05) is 17.7 Å². The van der Waals surface area contributed by atoms with Gasteiger partial charge >= 0.3 is 0 Å². The summed E-state index contributed by atoms with van der Waals surface area (Å²) >= 11 is 0. The van der Waals surface area contributed by atoms with Crippen molar-refractivity contribution in [3.63, 3.8) is 0 Å². The largest absolute Gasteiger partial charge is 0.298 e. The molecular weight excluding hydrogens is 124 g/mol. The first-order chi connectivity index (χ1) is 4.70. The lowest BCUT2D eigenvalue weighted by Gasteiger charge is -1.91. The predicted molar refractivity (Wildman–Crippen MR) is 43.9 cm³/mol. The van der Waals surface area contributed by atoms with Crippen molar-refractivity contribution in [3.8, 4) is 0 Å². The number of rotatable bonds is 3. The third-order valence-corrected chi connectivity index (χ3v) is 1.27. The first kappa shape index (κ1) is 9.15. The van der Waals surface area contributed by atoms with Crippen molar-refractivity contribution in [2.75, 3.05) is 0 Å². The smallest absolute Gasteiger partial charge is 0.146 e. The molecule has 1 nitrogen and oxygen atoms in total. The van der Waals surface area contributed by atoms with Crippen LogP contribution in [0.4, 0.5) is 0 Å². The number of hydrogen-bond donors (Lipinski definition) is 0. The van der Waals surface area contributed by atoms with E-state index in [0.717, 1.165) is 18.3 Å². The second-order valence-corrected chi connectivity index (χ2v) is 2.47. The van der Waals surface area contributed by atoms with Crippen LogP contribution in [-0.2, 0) is 4.79 Å². The summed E-state index contributed by atoms with van der Waals surface area (Å²) in [5.74, 6) is 0. The van der Waals surface area contributed by atoms with E-state index < -0.39 is 0 Å². The Hall–Kier alpha value is -0.850. The van der Waals surface area contributed by atoms with E-state index in [2.05, 4.69) is 0 Å². The third-order valence-electron chi connectivity index (χ3n) is 1.27. The highest BCUT2D eigenvalue weighted by Gasteiger charge is 1.88. The predicted octanol–water partition coefficient (Wildman–Crippen LogP) is 2.49. The van der Waals surface area contributed by atoms with Gasteiger partial charge in [-0.05, 0) is 32.8 Å². The molecule has 10 heavy (non-hydrogen) atoms. The number of hydrogen-bond acceptors (Lipinski definition) is 1. The van der Waals surface area contributed by atoms with Crippen LogP contribution in [0.15, 0.2) is 23.3 Å². The van der Waals surface area contributed by atoms with Crippen LogP contribution in [0.3, 0.4) is 0 Å². The summed E-state index contributed by atoms with van der Waals surface area (Å²) in [6.07, 6.45) is 5.55. The standard InChI is InChI=1S/C9H14O/c1-4-9(7-10)6-5-8(2)3/h4-5,7H,6H2,1-3H3/b9-4-. The van der Waals surface area contributed by atoms with Crippen molar-refractivity contribution in [2.24, 2.45) is 0 Å². The van der Waals surface area contributed by atoms with Gasteiger partial charge in [0.05, 0.1) is 0 Å². The fourth-order valence-electron chi connectivity index (χ4n) is 0.556. The van der Waals surface area contributed by atoms with Crippen molar-refractivity contribution in [1.29, 1.82) is 0 Å². The van der Waals surface area contributed by atoms with Crippen molar-refractivity contribution in [2.45, 2.75) is 27.2 Å². The van der Waals surface area contributed by atoms with Gasteiger partial charge in [-0.2, -0.15) is 0 Å². The molecule has 0 aliphatic carbocycles. The van der Waals surface area contributed by atoms with Crippen LogP contribution in [0, 0.1) is 0 Å². The Morgan fingerprint density at radius 2 is 2.00 bits per heavy atom. The Kier molecular flexibility index (Phi) is 4.55. The molecule has 0 N–H and O–H groups in total. The van der Waals surface area contributed by atoms with E-state index in [1.54, 1.807) is 0 Å². The number of carbonyl (C=O) groups is 1. The molecule has 0 unspecified atom stereocenters. The van der Waals surface area contributed by atoms with Crippen LogP contribution in [0.25, 0.3) is 0 Å². The molecule has 0 saturated carbocycles. The molecule has 0 aromatic carbocycles. The van der Waals surface area contributed by atoms with E-state index in [4.69, 9.17) is 0 Å². The summed E-state index contributed by atoms with van der Waals surface area (Å²) in [5, 5.41) is 0. The molecule has 0 aliphatic heterocycles. The van der Waals surface area contributed by atoms with E-state index in [0.29, 0.717) is 0 Å². The maximum atomic E-state index is 10.3. The Morgan fingerprint density at radius 3 is 2.30 bits per heavy atom. The van der Waals surface area contributed by atoms with Crippen LogP contribution >= 0.6 is 0 Å². The molecule has 0 bridgehead atoms. The highest BCUT2D eigenvalue weighted by molar-refractivity contribution is 5.73. The molecule has 0 spiro atoms. The monoisotopic (exact) mass is 138 g/mol. The number of aldehydes is 1. The molecule has 0 amide bonds. The van der Waals surface area contributed by atoms with Crippen LogP contribution in [0.1, 0.15) is 27.2 Å². The molecule has 0 radical (unpaired) electrons. The first-order valence-corrected chi connectivity index (χ1v) is 3.44. The molecule has 0 heterocycles. The fourth-order valence-corrected chi connectivity index (χ4v) is 0.556. The number of allylic oxidation sites excluding steroid dienone is 4. The van der Waals surface area contributed by atoms with Gasteiger partial charge < -0.3 is 0 Å². The zero-order valence-electron chi connectivity index (χ0n) is 6.85. The minimum absolute atomic E-state index is 0.766. The summed E-state index contributed by atoms with van der Waals surface area (Å²) in [6.45, 7) is 5.93.